The maximum absolute atomic E-state index is 12.6. The van der Waals surface area contributed by atoms with E-state index in [0.29, 0.717) is 52.3 Å². The van der Waals surface area contributed by atoms with Gasteiger partial charge in [-0.15, -0.1) is 5.10 Å². The maximum atomic E-state index is 12.6. The molecular formula is C17H28N4O5. The van der Waals surface area contributed by atoms with E-state index in [9.17, 15) is 9.59 Å². The topological polar surface area (TPSA) is 95.8 Å². The average Bonchev–Trinajstić information content (AvgIpc) is 3.10. The Morgan fingerprint density at radius 2 is 1.81 bits per heavy atom. The molecule has 0 unspecified atom stereocenters. The highest BCUT2D eigenvalue weighted by Crippen LogP contribution is 2.20. The van der Waals surface area contributed by atoms with Crippen LogP contribution in [0, 0.1) is 5.92 Å². The second-order valence-corrected chi connectivity index (χ2v) is 5.98. The van der Waals surface area contributed by atoms with Crippen LogP contribution in [0.25, 0.3) is 0 Å². The third kappa shape index (κ3) is 5.50. The molecule has 0 radical (unpaired) electrons. The standard InChI is InChI=1S/C17H28N4O5/c1-4-24-15(25-5-2)12-21-11-14(18-19-21)16(22)20-9-7-13(8-10-20)17(23)26-6-3/h11,13,15H,4-10,12H2,1-3H3. The molecule has 9 heteroatoms. The van der Waals surface area contributed by atoms with Crippen LogP contribution in [0.5, 0.6) is 0 Å². The van der Waals surface area contributed by atoms with Gasteiger partial charge in [0.25, 0.3) is 5.91 Å². The predicted molar refractivity (Wildman–Crippen MR) is 92.3 cm³/mol. The van der Waals surface area contributed by atoms with E-state index in [1.807, 2.05) is 13.8 Å². The number of hydrogen-bond acceptors (Lipinski definition) is 7. The molecule has 1 amide bonds. The minimum atomic E-state index is -0.421. The number of nitrogens with zero attached hydrogens (tertiary/aromatic N) is 4. The van der Waals surface area contributed by atoms with Gasteiger partial charge in [0, 0.05) is 26.3 Å². The lowest BCUT2D eigenvalue weighted by Gasteiger charge is -2.30. The molecule has 146 valence electrons. The molecule has 0 bridgehead atoms. The van der Waals surface area contributed by atoms with E-state index in [1.54, 1.807) is 22.7 Å². The van der Waals surface area contributed by atoms with Gasteiger partial charge in [0.2, 0.25) is 0 Å². The zero-order chi connectivity index (χ0) is 18.9. The molecule has 0 aliphatic carbocycles. The van der Waals surface area contributed by atoms with E-state index < -0.39 is 6.29 Å². The van der Waals surface area contributed by atoms with Crippen molar-refractivity contribution in [3.63, 3.8) is 0 Å². The van der Waals surface area contributed by atoms with Crippen molar-refractivity contribution in [3.8, 4) is 0 Å². The fourth-order valence-corrected chi connectivity index (χ4v) is 2.90. The van der Waals surface area contributed by atoms with E-state index in [-0.39, 0.29) is 23.5 Å². The largest absolute Gasteiger partial charge is 0.466 e. The van der Waals surface area contributed by atoms with Crippen molar-refractivity contribution in [1.29, 1.82) is 0 Å². The second kappa shape index (κ2) is 10.2. The number of esters is 1. The van der Waals surface area contributed by atoms with Crippen LogP contribution in [0.15, 0.2) is 6.20 Å². The highest BCUT2D eigenvalue weighted by molar-refractivity contribution is 5.92. The first-order valence-corrected chi connectivity index (χ1v) is 9.18. The van der Waals surface area contributed by atoms with E-state index in [0.717, 1.165) is 0 Å². The molecule has 0 spiro atoms. The van der Waals surface area contributed by atoms with Crippen LogP contribution in [-0.4, -0.2) is 71.0 Å². The zero-order valence-electron chi connectivity index (χ0n) is 15.7. The molecule has 2 heterocycles. The van der Waals surface area contributed by atoms with E-state index >= 15 is 0 Å². The Morgan fingerprint density at radius 1 is 1.15 bits per heavy atom. The average molecular weight is 368 g/mol. The molecule has 1 saturated heterocycles. The summed E-state index contributed by atoms with van der Waals surface area (Å²) in [4.78, 5) is 26.1. The molecular weight excluding hydrogens is 340 g/mol. The number of likely N-dealkylation sites (tertiary alicyclic amines) is 1. The number of amides is 1. The number of carbonyl (C=O) groups is 2. The minimum absolute atomic E-state index is 0.132. The molecule has 1 aromatic rings. The fraction of sp³-hybridized carbons (Fsp3) is 0.765. The second-order valence-electron chi connectivity index (χ2n) is 5.98. The van der Waals surface area contributed by atoms with Gasteiger partial charge >= 0.3 is 5.97 Å². The van der Waals surface area contributed by atoms with Crippen molar-refractivity contribution < 1.29 is 23.8 Å². The number of hydrogen-bond donors (Lipinski definition) is 0. The molecule has 9 nitrogen and oxygen atoms in total. The van der Waals surface area contributed by atoms with Crippen molar-refractivity contribution >= 4 is 11.9 Å². The van der Waals surface area contributed by atoms with Crippen LogP contribution < -0.4 is 0 Å². The van der Waals surface area contributed by atoms with E-state index in [2.05, 4.69) is 10.3 Å². The number of aromatic nitrogens is 3. The third-order valence-corrected chi connectivity index (χ3v) is 4.20. The van der Waals surface area contributed by atoms with Gasteiger partial charge in [-0.2, -0.15) is 0 Å². The summed E-state index contributed by atoms with van der Waals surface area (Å²) >= 11 is 0. The predicted octanol–water partition coefficient (Wildman–Crippen LogP) is 1.09. The smallest absolute Gasteiger partial charge is 0.309 e. The van der Waals surface area contributed by atoms with Gasteiger partial charge in [-0.3, -0.25) is 9.59 Å². The minimum Gasteiger partial charge on any atom is -0.466 e. The van der Waals surface area contributed by atoms with Crippen molar-refractivity contribution in [2.24, 2.45) is 5.92 Å². The maximum Gasteiger partial charge on any atom is 0.309 e. The van der Waals surface area contributed by atoms with Crippen LogP contribution >= 0.6 is 0 Å². The molecule has 0 N–H and O–H groups in total. The Labute approximate surface area is 153 Å². The van der Waals surface area contributed by atoms with Crippen LogP contribution in [-0.2, 0) is 25.5 Å². The quantitative estimate of drug-likeness (QED) is 0.475. The fourth-order valence-electron chi connectivity index (χ4n) is 2.90. The molecule has 26 heavy (non-hydrogen) atoms. The molecule has 1 aliphatic heterocycles. The van der Waals surface area contributed by atoms with Gasteiger partial charge in [-0.25, -0.2) is 4.68 Å². The van der Waals surface area contributed by atoms with Crippen molar-refractivity contribution in [2.45, 2.75) is 46.4 Å². The van der Waals surface area contributed by atoms with Gasteiger partial charge in [0.1, 0.15) is 0 Å². The van der Waals surface area contributed by atoms with Crippen molar-refractivity contribution in [3.05, 3.63) is 11.9 Å². The number of rotatable bonds is 9. The van der Waals surface area contributed by atoms with Gasteiger partial charge in [0.15, 0.2) is 12.0 Å². The molecule has 0 saturated carbocycles. The summed E-state index contributed by atoms with van der Waals surface area (Å²) in [5, 5.41) is 7.96. The summed E-state index contributed by atoms with van der Waals surface area (Å²) in [5.41, 5.74) is 0.284. The monoisotopic (exact) mass is 368 g/mol. The first kappa shape index (κ1) is 20.3. The number of ether oxygens (including phenoxy) is 3. The lowest BCUT2D eigenvalue weighted by Crippen LogP contribution is -2.40. The lowest BCUT2D eigenvalue weighted by molar-refractivity contribution is -0.149. The Bertz CT molecular complexity index is 577. The van der Waals surface area contributed by atoms with Crippen LogP contribution in [0.4, 0.5) is 0 Å². The summed E-state index contributed by atoms with van der Waals surface area (Å²) < 4.78 is 17.6. The number of carbonyl (C=O) groups excluding carboxylic acids is 2. The Hall–Kier alpha value is -2.00. The van der Waals surface area contributed by atoms with E-state index in [4.69, 9.17) is 14.2 Å². The lowest BCUT2D eigenvalue weighted by atomic mass is 9.97. The Morgan fingerprint density at radius 3 is 2.38 bits per heavy atom. The Balaban J connectivity index is 1.89. The summed E-state index contributed by atoms with van der Waals surface area (Å²) in [6, 6.07) is 0. The van der Waals surface area contributed by atoms with Gasteiger partial charge < -0.3 is 19.1 Å². The summed E-state index contributed by atoms with van der Waals surface area (Å²) in [6.07, 6.45) is 2.39. The van der Waals surface area contributed by atoms with E-state index in [1.165, 1.54) is 0 Å². The molecule has 1 fully saturated rings. The molecule has 1 aromatic heterocycles. The van der Waals surface area contributed by atoms with Gasteiger partial charge in [-0.1, -0.05) is 5.21 Å². The van der Waals surface area contributed by atoms with Gasteiger partial charge in [-0.05, 0) is 33.6 Å². The first-order valence-electron chi connectivity index (χ1n) is 9.18. The number of piperidine rings is 1. The van der Waals surface area contributed by atoms with Crippen LogP contribution in [0.2, 0.25) is 0 Å². The van der Waals surface area contributed by atoms with Crippen LogP contribution in [0.3, 0.4) is 0 Å². The molecule has 2 rings (SSSR count). The summed E-state index contributed by atoms with van der Waals surface area (Å²) in [7, 11) is 0. The third-order valence-electron chi connectivity index (χ3n) is 4.20. The molecule has 0 aromatic carbocycles. The first-order chi connectivity index (χ1) is 12.6. The molecule has 1 aliphatic rings. The summed E-state index contributed by atoms with van der Waals surface area (Å²) in [6.45, 7) is 8.40. The molecule has 0 atom stereocenters. The highest BCUT2D eigenvalue weighted by atomic mass is 16.7. The van der Waals surface area contributed by atoms with Crippen molar-refractivity contribution in [2.75, 3.05) is 32.9 Å². The van der Waals surface area contributed by atoms with Crippen LogP contribution in [0.1, 0.15) is 44.1 Å². The zero-order valence-corrected chi connectivity index (χ0v) is 15.7. The van der Waals surface area contributed by atoms with Crippen molar-refractivity contribution in [1.82, 2.24) is 19.9 Å². The van der Waals surface area contributed by atoms with Gasteiger partial charge in [0.05, 0.1) is 25.3 Å². The SMILES string of the molecule is CCOC(=O)C1CCN(C(=O)c2cn(CC(OCC)OCC)nn2)CC1. The normalized spacial score (nSPS) is 15.5. The summed E-state index contributed by atoms with van der Waals surface area (Å²) in [5.74, 6) is -0.487. The highest BCUT2D eigenvalue weighted by Gasteiger charge is 2.29. The Kier molecular flexibility index (Phi) is 7.99.